The molecule has 1 heterocycles. The van der Waals surface area contributed by atoms with Crippen molar-refractivity contribution in [1.29, 1.82) is 0 Å². The standard InChI is InChI=1S/C6H12O5/c1-2-3(7)4(8)5(9)6(10)11-2/h2-10H,1H3/t2?,3-,4?,5?,6-/m0/s1. The summed E-state index contributed by atoms with van der Waals surface area (Å²) < 4.78 is 4.68. The van der Waals surface area contributed by atoms with Crippen LogP contribution in [0.3, 0.4) is 0 Å². The average molecular weight is 164 g/mol. The first-order chi connectivity index (χ1) is 5.04. The topological polar surface area (TPSA) is 90.2 Å². The fraction of sp³-hybridized carbons (Fsp3) is 1.00. The fourth-order valence-electron chi connectivity index (χ4n) is 1.03. The maximum absolute atomic E-state index is 9.09. The highest BCUT2D eigenvalue weighted by Crippen LogP contribution is 2.18. The van der Waals surface area contributed by atoms with Crippen LogP contribution in [-0.2, 0) is 4.74 Å². The molecule has 1 rings (SSSR count). The zero-order chi connectivity index (χ0) is 8.59. The summed E-state index contributed by atoms with van der Waals surface area (Å²) in [5, 5.41) is 36.0. The van der Waals surface area contributed by atoms with E-state index in [2.05, 4.69) is 4.74 Å². The number of aliphatic hydroxyl groups is 4. The summed E-state index contributed by atoms with van der Waals surface area (Å²) in [5.41, 5.74) is 0. The van der Waals surface area contributed by atoms with Crippen molar-refractivity contribution in [1.82, 2.24) is 0 Å². The molecule has 4 N–H and O–H groups in total. The molecule has 0 radical (unpaired) electrons. The third-order valence-electron chi connectivity index (χ3n) is 1.83. The lowest BCUT2D eigenvalue weighted by molar-refractivity contribution is -0.277. The molecule has 0 bridgehead atoms. The van der Waals surface area contributed by atoms with E-state index in [4.69, 9.17) is 20.4 Å². The van der Waals surface area contributed by atoms with Crippen LogP contribution >= 0.6 is 0 Å². The third-order valence-corrected chi connectivity index (χ3v) is 1.83. The maximum atomic E-state index is 9.09. The molecule has 1 saturated heterocycles. The highest BCUT2D eigenvalue weighted by Gasteiger charge is 2.40. The Balaban J connectivity index is 2.63. The summed E-state index contributed by atoms with van der Waals surface area (Å²) in [4.78, 5) is 0. The molecule has 66 valence electrons. The Morgan fingerprint density at radius 3 is 2.00 bits per heavy atom. The molecule has 5 atom stereocenters. The van der Waals surface area contributed by atoms with Crippen LogP contribution in [-0.4, -0.2) is 51.1 Å². The minimum Gasteiger partial charge on any atom is -0.388 e. The van der Waals surface area contributed by atoms with E-state index in [-0.39, 0.29) is 0 Å². The van der Waals surface area contributed by atoms with Crippen LogP contribution in [0.15, 0.2) is 0 Å². The number of hydrogen-bond acceptors (Lipinski definition) is 5. The minimum absolute atomic E-state index is 0.664. The summed E-state index contributed by atoms with van der Waals surface area (Å²) >= 11 is 0. The summed E-state index contributed by atoms with van der Waals surface area (Å²) in [6, 6.07) is 0. The van der Waals surface area contributed by atoms with Crippen molar-refractivity contribution in [3.05, 3.63) is 0 Å². The second-order valence-corrected chi connectivity index (χ2v) is 2.70. The van der Waals surface area contributed by atoms with E-state index >= 15 is 0 Å². The van der Waals surface area contributed by atoms with E-state index in [1.54, 1.807) is 0 Å². The molecule has 0 amide bonds. The van der Waals surface area contributed by atoms with Gasteiger partial charge in [-0.05, 0) is 6.92 Å². The molecular formula is C6H12O5. The lowest BCUT2D eigenvalue weighted by Crippen LogP contribution is -2.56. The van der Waals surface area contributed by atoms with Crippen molar-refractivity contribution in [2.24, 2.45) is 0 Å². The molecule has 11 heavy (non-hydrogen) atoms. The Hall–Kier alpha value is -0.200. The molecule has 5 heteroatoms. The molecule has 3 unspecified atom stereocenters. The molecule has 0 aromatic rings. The van der Waals surface area contributed by atoms with Crippen LogP contribution in [0, 0.1) is 0 Å². The predicted octanol–water partition coefficient (Wildman–Crippen LogP) is -2.19. The van der Waals surface area contributed by atoms with Gasteiger partial charge in [0, 0.05) is 0 Å². The largest absolute Gasteiger partial charge is 0.388 e. The molecule has 0 aromatic heterocycles. The molecule has 0 aliphatic carbocycles. The first-order valence-electron chi connectivity index (χ1n) is 3.41. The Kier molecular flexibility index (Phi) is 2.46. The van der Waals surface area contributed by atoms with E-state index in [1.165, 1.54) is 6.92 Å². The van der Waals surface area contributed by atoms with E-state index < -0.39 is 30.7 Å². The predicted molar refractivity (Wildman–Crippen MR) is 34.6 cm³/mol. The Bertz CT molecular complexity index is 125. The Morgan fingerprint density at radius 2 is 1.45 bits per heavy atom. The zero-order valence-corrected chi connectivity index (χ0v) is 6.08. The van der Waals surface area contributed by atoms with Crippen LogP contribution in [0.2, 0.25) is 0 Å². The van der Waals surface area contributed by atoms with Crippen LogP contribution in [0.1, 0.15) is 6.92 Å². The summed E-state index contributed by atoms with van der Waals surface area (Å²) in [5.74, 6) is 0. The van der Waals surface area contributed by atoms with Gasteiger partial charge in [0.25, 0.3) is 0 Å². The monoisotopic (exact) mass is 164 g/mol. The molecule has 0 saturated carbocycles. The molecular weight excluding hydrogens is 152 g/mol. The van der Waals surface area contributed by atoms with Gasteiger partial charge in [-0.2, -0.15) is 0 Å². The second kappa shape index (κ2) is 3.04. The number of ether oxygens (including phenoxy) is 1. The van der Waals surface area contributed by atoms with Crippen molar-refractivity contribution in [2.45, 2.75) is 37.6 Å². The van der Waals surface area contributed by atoms with Gasteiger partial charge in [-0.15, -0.1) is 0 Å². The lowest BCUT2D eigenvalue weighted by Gasteiger charge is -2.36. The van der Waals surface area contributed by atoms with Gasteiger partial charge < -0.3 is 25.2 Å². The molecule has 1 fully saturated rings. The van der Waals surface area contributed by atoms with E-state index in [0.29, 0.717) is 0 Å². The van der Waals surface area contributed by atoms with Crippen LogP contribution in [0.5, 0.6) is 0 Å². The van der Waals surface area contributed by atoms with Gasteiger partial charge in [0.15, 0.2) is 6.29 Å². The molecule has 0 spiro atoms. The summed E-state index contributed by atoms with van der Waals surface area (Å²) in [7, 11) is 0. The van der Waals surface area contributed by atoms with E-state index in [1.807, 2.05) is 0 Å². The average Bonchev–Trinajstić information content (AvgIpc) is 1.97. The van der Waals surface area contributed by atoms with Crippen molar-refractivity contribution in [3.8, 4) is 0 Å². The molecule has 5 nitrogen and oxygen atoms in total. The second-order valence-electron chi connectivity index (χ2n) is 2.70. The Morgan fingerprint density at radius 1 is 0.909 bits per heavy atom. The van der Waals surface area contributed by atoms with Gasteiger partial charge in [0.05, 0.1) is 6.10 Å². The van der Waals surface area contributed by atoms with Crippen molar-refractivity contribution in [2.75, 3.05) is 0 Å². The normalized spacial score (nSPS) is 52.6. The van der Waals surface area contributed by atoms with Gasteiger partial charge in [0.2, 0.25) is 0 Å². The first-order valence-corrected chi connectivity index (χ1v) is 3.41. The molecule has 1 aliphatic rings. The Labute approximate surface area is 63.8 Å². The number of aliphatic hydroxyl groups excluding tert-OH is 4. The highest BCUT2D eigenvalue weighted by molar-refractivity contribution is 4.86. The van der Waals surface area contributed by atoms with Crippen molar-refractivity contribution >= 4 is 0 Å². The SMILES string of the molecule is CC1O[C@H](O)C(O)C(O)[C@H]1O. The quantitative estimate of drug-likeness (QED) is 0.326. The summed E-state index contributed by atoms with van der Waals surface area (Å²) in [6.07, 6.45) is -5.99. The summed E-state index contributed by atoms with van der Waals surface area (Å²) in [6.45, 7) is 1.50. The van der Waals surface area contributed by atoms with Crippen LogP contribution in [0.25, 0.3) is 0 Å². The van der Waals surface area contributed by atoms with Crippen molar-refractivity contribution < 1.29 is 25.2 Å². The van der Waals surface area contributed by atoms with Crippen molar-refractivity contribution in [3.63, 3.8) is 0 Å². The van der Waals surface area contributed by atoms with Gasteiger partial charge >= 0.3 is 0 Å². The number of hydrogen-bond donors (Lipinski definition) is 4. The minimum atomic E-state index is -1.43. The lowest BCUT2D eigenvalue weighted by atomic mass is 10.0. The molecule has 1 aliphatic heterocycles. The third kappa shape index (κ3) is 1.52. The number of rotatable bonds is 0. The van der Waals surface area contributed by atoms with Gasteiger partial charge in [0.1, 0.15) is 18.3 Å². The van der Waals surface area contributed by atoms with Gasteiger partial charge in [-0.1, -0.05) is 0 Å². The smallest absolute Gasteiger partial charge is 0.183 e. The van der Waals surface area contributed by atoms with Gasteiger partial charge in [-0.25, -0.2) is 0 Å². The fourth-order valence-corrected chi connectivity index (χ4v) is 1.03. The molecule has 0 aromatic carbocycles. The van der Waals surface area contributed by atoms with E-state index in [9.17, 15) is 0 Å². The van der Waals surface area contributed by atoms with Crippen LogP contribution in [0.4, 0.5) is 0 Å². The van der Waals surface area contributed by atoms with Gasteiger partial charge in [-0.3, -0.25) is 0 Å². The zero-order valence-electron chi connectivity index (χ0n) is 6.08. The first kappa shape index (κ1) is 8.89. The van der Waals surface area contributed by atoms with Crippen LogP contribution < -0.4 is 0 Å². The van der Waals surface area contributed by atoms with E-state index in [0.717, 1.165) is 0 Å². The maximum Gasteiger partial charge on any atom is 0.183 e. The highest BCUT2D eigenvalue weighted by atomic mass is 16.6.